The standard InChI is InChI=1S/C23H24F3N3O/c1-2-28-12-14-29(15-13-28)21(17-5-8-18(9-6-17)23(24,25)26)19-10-7-16-4-3-11-27-20(16)22(19)30/h3-11,21,30H,2,12-15H2,1H3/t21-/m0/s1. The number of rotatable bonds is 4. The molecule has 1 aliphatic heterocycles. The molecule has 2 aromatic carbocycles. The van der Waals surface area contributed by atoms with Gasteiger partial charge in [0, 0.05) is 43.3 Å². The molecule has 1 fully saturated rings. The Balaban J connectivity index is 1.77. The summed E-state index contributed by atoms with van der Waals surface area (Å²) < 4.78 is 39.2. The van der Waals surface area contributed by atoms with Gasteiger partial charge in [0.05, 0.1) is 11.6 Å². The minimum absolute atomic E-state index is 0.0796. The molecule has 0 saturated carbocycles. The zero-order chi connectivity index (χ0) is 21.3. The highest BCUT2D eigenvalue weighted by Gasteiger charge is 2.32. The predicted molar refractivity (Wildman–Crippen MR) is 110 cm³/mol. The fraction of sp³-hybridized carbons (Fsp3) is 0.348. The van der Waals surface area contributed by atoms with Crippen LogP contribution in [0.5, 0.6) is 5.75 Å². The van der Waals surface area contributed by atoms with Crippen LogP contribution in [-0.2, 0) is 6.18 Å². The lowest BCUT2D eigenvalue weighted by Gasteiger charge is -2.39. The number of hydrogen-bond donors (Lipinski definition) is 1. The highest BCUT2D eigenvalue weighted by atomic mass is 19.4. The molecule has 0 amide bonds. The molecule has 4 nitrogen and oxygen atoms in total. The largest absolute Gasteiger partial charge is 0.505 e. The van der Waals surface area contributed by atoms with Crippen LogP contribution >= 0.6 is 0 Å². The maximum absolute atomic E-state index is 13.1. The quantitative estimate of drug-likeness (QED) is 0.671. The second kappa shape index (κ2) is 8.24. The molecule has 1 atom stereocenters. The second-order valence-corrected chi connectivity index (χ2v) is 7.57. The number of halogens is 3. The maximum atomic E-state index is 13.1. The van der Waals surface area contributed by atoms with Crippen LogP contribution in [0.4, 0.5) is 13.2 Å². The van der Waals surface area contributed by atoms with Crippen molar-refractivity contribution in [1.82, 2.24) is 14.8 Å². The van der Waals surface area contributed by atoms with E-state index in [4.69, 9.17) is 0 Å². The lowest BCUT2D eigenvalue weighted by atomic mass is 9.93. The van der Waals surface area contributed by atoms with Crippen molar-refractivity contribution in [2.24, 2.45) is 0 Å². The molecule has 0 bridgehead atoms. The number of aromatic nitrogens is 1. The van der Waals surface area contributed by atoms with E-state index >= 15 is 0 Å². The third-order valence-corrected chi connectivity index (χ3v) is 5.85. The molecule has 1 N–H and O–H groups in total. The summed E-state index contributed by atoms with van der Waals surface area (Å²) in [6, 6.07) is 12.3. The van der Waals surface area contributed by atoms with Gasteiger partial charge in [-0.05, 0) is 30.3 Å². The van der Waals surface area contributed by atoms with E-state index in [2.05, 4.69) is 21.7 Å². The number of likely N-dealkylation sites (N-methyl/N-ethyl adjacent to an activating group) is 1. The Kier molecular flexibility index (Phi) is 5.66. The highest BCUT2D eigenvalue weighted by molar-refractivity contribution is 5.85. The summed E-state index contributed by atoms with van der Waals surface area (Å²) in [7, 11) is 0. The Morgan fingerprint density at radius 3 is 2.33 bits per heavy atom. The number of pyridine rings is 1. The molecule has 0 radical (unpaired) electrons. The van der Waals surface area contributed by atoms with Crippen LogP contribution in [0.1, 0.15) is 29.7 Å². The van der Waals surface area contributed by atoms with E-state index in [1.165, 1.54) is 12.1 Å². The van der Waals surface area contributed by atoms with Crippen molar-refractivity contribution in [3.8, 4) is 5.75 Å². The van der Waals surface area contributed by atoms with E-state index in [-0.39, 0.29) is 11.8 Å². The Bertz CT molecular complexity index is 1010. The third-order valence-electron chi connectivity index (χ3n) is 5.85. The van der Waals surface area contributed by atoms with Crippen molar-refractivity contribution in [2.45, 2.75) is 19.1 Å². The molecule has 3 aromatic rings. The van der Waals surface area contributed by atoms with E-state index in [1.54, 1.807) is 12.3 Å². The first-order valence-corrected chi connectivity index (χ1v) is 10.1. The summed E-state index contributed by atoms with van der Waals surface area (Å²) in [6.07, 6.45) is -2.76. The zero-order valence-electron chi connectivity index (χ0n) is 16.7. The summed E-state index contributed by atoms with van der Waals surface area (Å²) in [5.74, 6) is 0.0796. The van der Waals surface area contributed by atoms with Crippen LogP contribution in [0, 0.1) is 0 Å². The Morgan fingerprint density at radius 1 is 1.00 bits per heavy atom. The van der Waals surface area contributed by atoms with Gasteiger partial charge in [-0.1, -0.05) is 37.3 Å². The van der Waals surface area contributed by atoms with Gasteiger partial charge in [-0.2, -0.15) is 13.2 Å². The minimum atomic E-state index is -4.38. The summed E-state index contributed by atoms with van der Waals surface area (Å²) in [5, 5.41) is 11.8. The first kappa shape index (κ1) is 20.6. The van der Waals surface area contributed by atoms with Gasteiger partial charge in [0.2, 0.25) is 0 Å². The van der Waals surface area contributed by atoms with Crippen molar-refractivity contribution in [1.29, 1.82) is 0 Å². The number of fused-ring (bicyclic) bond motifs is 1. The van der Waals surface area contributed by atoms with Gasteiger partial charge < -0.3 is 10.0 Å². The summed E-state index contributed by atoms with van der Waals surface area (Å²) in [6.45, 7) is 6.35. The van der Waals surface area contributed by atoms with Crippen LogP contribution in [-0.4, -0.2) is 52.6 Å². The van der Waals surface area contributed by atoms with E-state index in [1.807, 2.05) is 18.2 Å². The van der Waals surface area contributed by atoms with Gasteiger partial charge in [-0.25, -0.2) is 0 Å². The lowest BCUT2D eigenvalue weighted by molar-refractivity contribution is -0.137. The van der Waals surface area contributed by atoms with Crippen LogP contribution in [0.15, 0.2) is 54.7 Å². The SMILES string of the molecule is CCN1CCN([C@@H](c2ccc(C(F)(F)F)cc2)c2ccc3cccnc3c2O)CC1. The Labute approximate surface area is 173 Å². The predicted octanol–water partition coefficient (Wildman–Crippen LogP) is 4.69. The summed E-state index contributed by atoms with van der Waals surface area (Å²) in [4.78, 5) is 8.87. The smallest absolute Gasteiger partial charge is 0.416 e. The van der Waals surface area contributed by atoms with Crippen LogP contribution in [0.25, 0.3) is 10.9 Å². The molecule has 0 spiro atoms. The van der Waals surface area contributed by atoms with Crippen LogP contribution in [0.3, 0.4) is 0 Å². The molecule has 0 aliphatic carbocycles. The molecule has 1 aromatic heterocycles. The van der Waals surface area contributed by atoms with Crippen LogP contribution in [0.2, 0.25) is 0 Å². The molecule has 4 rings (SSSR count). The van der Waals surface area contributed by atoms with Crippen molar-refractivity contribution >= 4 is 10.9 Å². The summed E-state index contributed by atoms with van der Waals surface area (Å²) in [5.41, 5.74) is 1.20. The number of phenolic OH excluding ortho intramolecular Hbond substituents is 1. The van der Waals surface area contributed by atoms with Gasteiger partial charge in [0.25, 0.3) is 0 Å². The highest BCUT2D eigenvalue weighted by Crippen LogP contribution is 2.39. The lowest BCUT2D eigenvalue weighted by Crippen LogP contribution is -2.47. The number of phenols is 1. The monoisotopic (exact) mass is 415 g/mol. The van der Waals surface area contributed by atoms with Gasteiger partial charge in [0.1, 0.15) is 11.3 Å². The van der Waals surface area contributed by atoms with Crippen molar-refractivity contribution in [2.75, 3.05) is 32.7 Å². The Morgan fingerprint density at radius 2 is 1.70 bits per heavy atom. The number of piperazine rings is 1. The van der Waals surface area contributed by atoms with E-state index in [0.29, 0.717) is 11.1 Å². The van der Waals surface area contributed by atoms with E-state index < -0.39 is 11.7 Å². The van der Waals surface area contributed by atoms with Gasteiger partial charge >= 0.3 is 6.18 Å². The molecule has 2 heterocycles. The van der Waals surface area contributed by atoms with Crippen LogP contribution < -0.4 is 0 Å². The normalized spacial score (nSPS) is 17.3. The number of nitrogens with zero attached hydrogens (tertiary/aromatic N) is 3. The topological polar surface area (TPSA) is 39.6 Å². The third kappa shape index (κ3) is 4.00. The first-order valence-electron chi connectivity index (χ1n) is 10.1. The summed E-state index contributed by atoms with van der Waals surface area (Å²) >= 11 is 0. The van der Waals surface area contributed by atoms with Gasteiger partial charge in [-0.15, -0.1) is 0 Å². The van der Waals surface area contributed by atoms with Crippen molar-refractivity contribution in [3.05, 3.63) is 71.4 Å². The molecule has 158 valence electrons. The first-order chi connectivity index (χ1) is 14.4. The molecule has 7 heteroatoms. The van der Waals surface area contributed by atoms with E-state index in [9.17, 15) is 18.3 Å². The van der Waals surface area contributed by atoms with Crippen molar-refractivity contribution < 1.29 is 18.3 Å². The fourth-order valence-electron chi connectivity index (χ4n) is 4.15. The number of alkyl halides is 3. The number of aromatic hydroxyl groups is 1. The van der Waals surface area contributed by atoms with Gasteiger partial charge in [0.15, 0.2) is 0 Å². The average Bonchev–Trinajstić information content (AvgIpc) is 2.76. The molecular formula is C23H24F3N3O. The minimum Gasteiger partial charge on any atom is -0.505 e. The Hall–Kier alpha value is -2.64. The zero-order valence-corrected chi connectivity index (χ0v) is 16.7. The molecule has 1 saturated heterocycles. The maximum Gasteiger partial charge on any atom is 0.416 e. The number of hydrogen-bond acceptors (Lipinski definition) is 4. The number of benzene rings is 2. The molecule has 0 unspecified atom stereocenters. The van der Waals surface area contributed by atoms with Gasteiger partial charge in [-0.3, -0.25) is 9.88 Å². The average molecular weight is 415 g/mol. The second-order valence-electron chi connectivity index (χ2n) is 7.57. The fourth-order valence-corrected chi connectivity index (χ4v) is 4.15. The van der Waals surface area contributed by atoms with E-state index in [0.717, 1.165) is 55.8 Å². The molecule has 1 aliphatic rings. The molecule has 30 heavy (non-hydrogen) atoms. The van der Waals surface area contributed by atoms with Crippen molar-refractivity contribution in [3.63, 3.8) is 0 Å². The molecular weight excluding hydrogens is 391 g/mol.